The predicted molar refractivity (Wildman–Crippen MR) is 112 cm³/mol. The van der Waals surface area contributed by atoms with Gasteiger partial charge in [-0.05, 0) is 79.8 Å². The van der Waals surface area contributed by atoms with Gasteiger partial charge in [-0.1, -0.05) is 19.1 Å². The van der Waals surface area contributed by atoms with Crippen molar-refractivity contribution in [2.45, 2.75) is 52.2 Å². The highest BCUT2D eigenvalue weighted by atomic mass is 16.5. The summed E-state index contributed by atoms with van der Waals surface area (Å²) in [4.78, 5) is 6.34. The van der Waals surface area contributed by atoms with Crippen molar-refractivity contribution >= 4 is 0 Å². The Morgan fingerprint density at radius 3 is 2.82 bits per heavy atom. The van der Waals surface area contributed by atoms with Crippen LogP contribution < -0.4 is 4.74 Å². The lowest BCUT2D eigenvalue weighted by Crippen LogP contribution is -2.35. The standard InChI is InChI=1S/C24H31N3O/c1-19-5-3-7-23(15-19)28-24-8-4-6-22(16-24)20(2)17-27(14-11-25)18-21-9-12-26-13-10-21/h3,5,7,9-10,12-13,15,20,22,24H,4,6,8,14,16-18H2,1-2H3/t20-,22?,24-/m1/s1. The van der Waals surface area contributed by atoms with Crippen LogP contribution in [0.15, 0.2) is 48.8 Å². The zero-order valence-corrected chi connectivity index (χ0v) is 17.1. The van der Waals surface area contributed by atoms with Gasteiger partial charge in [-0.25, -0.2) is 0 Å². The Bertz CT molecular complexity index is 771. The number of aryl methyl sites for hydroxylation is 1. The first kappa shape index (κ1) is 20.4. The summed E-state index contributed by atoms with van der Waals surface area (Å²) in [5.74, 6) is 2.17. The largest absolute Gasteiger partial charge is 0.490 e. The maximum Gasteiger partial charge on any atom is 0.119 e. The topological polar surface area (TPSA) is 49.1 Å². The van der Waals surface area contributed by atoms with Crippen LogP contribution in [0.25, 0.3) is 0 Å². The lowest BCUT2D eigenvalue weighted by atomic mass is 9.79. The predicted octanol–water partition coefficient (Wildman–Crippen LogP) is 4.99. The highest BCUT2D eigenvalue weighted by Gasteiger charge is 2.28. The molecule has 3 rings (SSSR count). The summed E-state index contributed by atoms with van der Waals surface area (Å²) >= 11 is 0. The number of benzene rings is 1. The first-order valence-corrected chi connectivity index (χ1v) is 10.4. The van der Waals surface area contributed by atoms with Crippen LogP contribution in [0.2, 0.25) is 0 Å². The summed E-state index contributed by atoms with van der Waals surface area (Å²) in [5, 5.41) is 9.24. The fourth-order valence-corrected chi connectivity index (χ4v) is 4.27. The fourth-order valence-electron chi connectivity index (χ4n) is 4.27. The van der Waals surface area contributed by atoms with Crippen molar-refractivity contribution in [3.8, 4) is 11.8 Å². The van der Waals surface area contributed by atoms with E-state index >= 15 is 0 Å². The van der Waals surface area contributed by atoms with Crippen LogP contribution in [0.1, 0.15) is 43.7 Å². The van der Waals surface area contributed by atoms with Gasteiger partial charge in [-0.15, -0.1) is 0 Å². The molecule has 1 unspecified atom stereocenters. The van der Waals surface area contributed by atoms with E-state index in [4.69, 9.17) is 4.74 Å². The molecule has 1 aromatic heterocycles. The zero-order valence-electron chi connectivity index (χ0n) is 17.1. The number of hydrogen-bond donors (Lipinski definition) is 0. The molecular formula is C24H31N3O. The van der Waals surface area contributed by atoms with Crippen LogP contribution >= 0.6 is 0 Å². The molecule has 1 saturated carbocycles. The molecule has 0 saturated heterocycles. The van der Waals surface area contributed by atoms with Gasteiger partial charge >= 0.3 is 0 Å². The SMILES string of the molecule is Cc1cccc(O[C@@H]2CCCC([C@H](C)CN(CC#N)Cc3ccncc3)C2)c1. The molecule has 0 aliphatic heterocycles. The Balaban J connectivity index is 1.56. The van der Waals surface area contributed by atoms with Gasteiger partial charge < -0.3 is 4.74 Å². The van der Waals surface area contributed by atoms with Crippen LogP contribution in [0, 0.1) is 30.1 Å². The fraction of sp³-hybridized carbons (Fsp3) is 0.500. The zero-order chi connectivity index (χ0) is 19.8. The molecule has 1 heterocycles. The third-order valence-electron chi connectivity index (χ3n) is 5.76. The van der Waals surface area contributed by atoms with Crippen LogP contribution in [0.3, 0.4) is 0 Å². The summed E-state index contributed by atoms with van der Waals surface area (Å²) in [6.07, 6.45) is 8.64. The molecule has 1 aliphatic carbocycles. The average Bonchev–Trinajstić information content (AvgIpc) is 2.69. The molecule has 0 radical (unpaired) electrons. The van der Waals surface area contributed by atoms with Gasteiger partial charge in [-0.2, -0.15) is 5.26 Å². The van der Waals surface area contributed by atoms with Gasteiger partial charge in [0.15, 0.2) is 0 Å². The summed E-state index contributed by atoms with van der Waals surface area (Å²) in [7, 11) is 0. The highest BCUT2D eigenvalue weighted by molar-refractivity contribution is 5.27. The summed E-state index contributed by atoms with van der Waals surface area (Å²) < 4.78 is 6.29. The van der Waals surface area contributed by atoms with E-state index < -0.39 is 0 Å². The van der Waals surface area contributed by atoms with Gasteiger partial charge in [0.2, 0.25) is 0 Å². The van der Waals surface area contributed by atoms with Crippen molar-refractivity contribution in [2.24, 2.45) is 11.8 Å². The Labute approximate surface area is 169 Å². The number of hydrogen-bond acceptors (Lipinski definition) is 4. The Morgan fingerprint density at radius 2 is 2.07 bits per heavy atom. The Morgan fingerprint density at radius 1 is 1.25 bits per heavy atom. The maximum absolute atomic E-state index is 9.24. The molecule has 0 N–H and O–H groups in total. The maximum atomic E-state index is 9.24. The normalized spacial score (nSPS) is 20.5. The monoisotopic (exact) mass is 377 g/mol. The van der Waals surface area contributed by atoms with Crippen LogP contribution in [0.5, 0.6) is 5.75 Å². The van der Waals surface area contributed by atoms with E-state index in [9.17, 15) is 5.26 Å². The molecular weight excluding hydrogens is 346 g/mol. The quantitative estimate of drug-likeness (QED) is 0.608. The molecule has 2 aromatic rings. The molecule has 1 fully saturated rings. The molecule has 28 heavy (non-hydrogen) atoms. The number of nitrogens with zero attached hydrogens (tertiary/aromatic N) is 3. The lowest BCUT2D eigenvalue weighted by molar-refractivity contribution is 0.0895. The second-order valence-electron chi connectivity index (χ2n) is 8.14. The molecule has 0 spiro atoms. The number of rotatable bonds is 8. The number of ether oxygens (including phenoxy) is 1. The van der Waals surface area contributed by atoms with E-state index in [-0.39, 0.29) is 0 Å². The Hall–Kier alpha value is -2.38. The van der Waals surface area contributed by atoms with Crippen molar-refractivity contribution in [1.82, 2.24) is 9.88 Å². The molecule has 4 heteroatoms. The molecule has 0 amide bonds. The van der Waals surface area contributed by atoms with E-state index in [2.05, 4.69) is 54.1 Å². The summed E-state index contributed by atoms with van der Waals surface area (Å²) in [6.45, 7) is 6.64. The number of pyridine rings is 1. The average molecular weight is 378 g/mol. The van der Waals surface area contributed by atoms with Crippen molar-refractivity contribution < 1.29 is 4.74 Å². The third kappa shape index (κ3) is 6.07. The smallest absolute Gasteiger partial charge is 0.119 e. The molecule has 1 aromatic carbocycles. The van der Waals surface area contributed by atoms with Crippen molar-refractivity contribution in [3.63, 3.8) is 0 Å². The number of nitriles is 1. The minimum Gasteiger partial charge on any atom is -0.490 e. The van der Waals surface area contributed by atoms with E-state index in [1.54, 1.807) is 0 Å². The van der Waals surface area contributed by atoms with Crippen molar-refractivity contribution in [2.75, 3.05) is 13.1 Å². The van der Waals surface area contributed by atoms with E-state index in [0.717, 1.165) is 31.7 Å². The highest BCUT2D eigenvalue weighted by Crippen LogP contribution is 2.33. The van der Waals surface area contributed by atoms with E-state index in [1.807, 2.05) is 24.5 Å². The third-order valence-corrected chi connectivity index (χ3v) is 5.76. The number of aromatic nitrogens is 1. The summed E-state index contributed by atoms with van der Waals surface area (Å²) in [5.41, 5.74) is 2.45. The van der Waals surface area contributed by atoms with Crippen molar-refractivity contribution in [1.29, 1.82) is 5.26 Å². The molecule has 3 atom stereocenters. The van der Waals surface area contributed by atoms with Crippen LogP contribution in [-0.2, 0) is 6.54 Å². The second-order valence-corrected chi connectivity index (χ2v) is 8.14. The van der Waals surface area contributed by atoms with Gasteiger partial charge in [0, 0.05) is 25.5 Å². The van der Waals surface area contributed by atoms with Gasteiger partial charge in [-0.3, -0.25) is 9.88 Å². The van der Waals surface area contributed by atoms with E-state index in [1.165, 1.54) is 24.0 Å². The van der Waals surface area contributed by atoms with Gasteiger partial charge in [0.1, 0.15) is 5.75 Å². The first-order valence-electron chi connectivity index (χ1n) is 10.4. The van der Waals surface area contributed by atoms with Crippen LogP contribution in [0.4, 0.5) is 0 Å². The lowest BCUT2D eigenvalue weighted by Gasteiger charge is -2.35. The Kier molecular flexibility index (Phi) is 7.45. The van der Waals surface area contributed by atoms with E-state index in [0.29, 0.717) is 24.5 Å². The molecule has 0 bridgehead atoms. The summed E-state index contributed by atoms with van der Waals surface area (Å²) in [6, 6.07) is 14.7. The second kappa shape index (κ2) is 10.2. The molecule has 148 valence electrons. The molecule has 4 nitrogen and oxygen atoms in total. The van der Waals surface area contributed by atoms with Crippen molar-refractivity contribution in [3.05, 3.63) is 59.9 Å². The molecule has 1 aliphatic rings. The van der Waals surface area contributed by atoms with Gasteiger partial charge in [0.05, 0.1) is 18.7 Å². The minimum atomic E-state index is 0.299. The van der Waals surface area contributed by atoms with Crippen LogP contribution in [-0.4, -0.2) is 29.1 Å². The van der Waals surface area contributed by atoms with Gasteiger partial charge in [0.25, 0.3) is 0 Å². The minimum absolute atomic E-state index is 0.299. The first-order chi connectivity index (χ1) is 13.6.